The first-order valence-corrected chi connectivity index (χ1v) is 7.59. The van der Waals surface area contributed by atoms with Crippen molar-refractivity contribution in [3.63, 3.8) is 0 Å². The number of phenolic OH excluding ortho intramolecular Hbond substituents is 1. The number of hydrogen-bond acceptors (Lipinski definition) is 6. The van der Waals surface area contributed by atoms with Gasteiger partial charge in [0, 0.05) is 18.7 Å². The normalized spacial score (nSPS) is 19.1. The first-order valence-electron chi connectivity index (χ1n) is 6.10. The van der Waals surface area contributed by atoms with Crippen molar-refractivity contribution in [3.8, 4) is 5.75 Å². The Bertz CT molecular complexity index is 610. The summed E-state index contributed by atoms with van der Waals surface area (Å²) < 4.78 is 26.5. The van der Waals surface area contributed by atoms with Crippen molar-refractivity contribution < 1.29 is 18.4 Å². The van der Waals surface area contributed by atoms with Crippen LogP contribution in [0.4, 0.5) is 5.69 Å². The Morgan fingerprint density at radius 2 is 2.25 bits per heavy atom. The number of nitrogens with zero attached hydrogens (tertiary/aromatic N) is 1. The summed E-state index contributed by atoms with van der Waals surface area (Å²) in [4.78, 5) is 9.63. The SMILES string of the molecule is O=[N+]([O-])c1cc(S(=O)(=O)NCC2CCCN2)ccc1O. The number of rotatable bonds is 5. The van der Waals surface area contributed by atoms with Gasteiger partial charge in [-0.2, -0.15) is 0 Å². The van der Waals surface area contributed by atoms with Gasteiger partial charge in [-0.05, 0) is 31.5 Å². The number of phenols is 1. The summed E-state index contributed by atoms with van der Waals surface area (Å²) in [6.07, 6.45) is 1.88. The van der Waals surface area contributed by atoms with E-state index in [1.54, 1.807) is 0 Å². The van der Waals surface area contributed by atoms with Crippen LogP contribution in [0.3, 0.4) is 0 Å². The summed E-state index contributed by atoms with van der Waals surface area (Å²) in [5, 5.41) is 23.1. The van der Waals surface area contributed by atoms with Gasteiger partial charge in [-0.3, -0.25) is 10.1 Å². The van der Waals surface area contributed by atoms with Gasteiger partial charge in [0.2, 0.25) is 10.0 Å². The molecule has 1 heterocycles. The highest BCUT2D eigenvalue weighted by Gasteiger charge is 2.23. The molecule has 1 saturated heterocycles. The lowest BCUT2D eigenvalue weighted by atomic mass is 10.2. The zero-order chi connectivity index (χ0) is 14.8. The van der Waals surface area contributed by atoms with Crippen molar-refractivity contribution in [3.05, 3.63) is 28.3 Å². The monoisotopic (exact) mass is 301 g/mol. The van der Waals surface area contributed by atoms with Crippen LogP contribution in [-0.2, 0) is 10.0 Å². The van der Waals surface area contributed by atoms with Crippen molar-refractivity contribution in [2.75, 3.05) is 13.1 Å². The number of nitrogens with one attached hydrogen (secondary N) is 2. The second-order valence-electron chi connectivity index (χ2n) is 4.55. The predicted molar refractivity (Wildman–Crippen MR) is 71.0 cm³/mol. The van der Waals surface area contributed by atoms with Gasteiger partial charge in [0.15, 0.2) is 5.75 Å². The summed E-state index contributed by atoms with van der Waals surface area (Å²) in [6, 6.07) is 3.06. The van der Waals surface area contributed by atoms with E-state index in [1.807, 2.05) is 0 Å². The summed E-state index contributed by atoms with van der Waals surface area (Å²) in [6.45, 7) is 1.09. The largest absolute Gasteiger partial charge is 0.502 e. The van der Waals surface area contributed by atoms with E-state index in [4.69, 9.17) is 0 Å². The second kappa shape index (κ2) is 5.73. The second-order valence-corrected chi connectivity index (χ2v) is 6.32. The molecule has 0 bridgehead atoms. The van der Waals surface area contributed by atoms with Crippen LogP contribution in [0, 0.1) is 10.1 Å². The van der Waals surface area contributed by atoms with Crippen LogP contribution in [0.5, 0.6) is 5.75 Å². The highest BCUT2D eigenvalue weighted by molar-refractivity contribution is 7.89. The number of hydrogen-bond donors (Lipinski definition) is 3. The first-order chi connectivity index (χ1) is 9.40. The molecule has 8 nitrogen and oxygen atoms in total. The molecule has 1 fully saturated rings. The van der Waals surface area contributed by atoms with Crippen LogP contribution in [0.2, 0.25) is 0 Å². The minimum atomic E-state index is -3.83. The molecular formula is C11H15N3O5S. The highest BCUT2D eigenvalue weighted by atomic mass is 32.2. The van der Waals surface area contributed by atoms with Crippen LogP contribution in [-0.4, -0.2) is 37.6 Å². The van der Waals surface area contributed by atoms with Crippen molar-refractivity contribution >= 4 is 15.7 Å². The number of nitro benzene ring substituents is 1. The lowest BCUT2D eigenvalue weighted by molar-refractivity contribution is -0.386. The van der Waals surface area contributed by atoms with Gasteiger partial charge in [0.1, 0.15) is 0 Å². The molecule has 0 amide bonds. The van der Waals surface area contributed by atoms with Crippen LogP contribution in [0.15, 0.2) is 23.1 Å². The molecule has 0 spiro atoms. The first kappa shape index (κ1) is 14.7. The fourth-order valence-electron chi connectivity index (χ4n) is 2.04. The van der Waals surface area contributed by atoms with E-state index in [9.17, 15) is 23.6 Å². The molecule has 1 aliphatic rings. The molecule has 1 unspecified atom stereocenters. The van der Waals surface area contributed by atoms with Gasteiger partial charge in [-0.25, -0.2) is 13.1 Å². The Kier molecular flexibility index (Phi) is 4.21. The number of nitro groups is 1. The number of aromatic hydroxyl groups is 1. The van der Waals surface area contributed by atoms with E-state index in [0.29, 0.717) is 0 Å². The molecule has 1 aromatic rings. The van der Waals surface area contributed by atoms with Crippen molar-refractivity contribution in [2.24, 2.45) is 0 Å². The van der Waals surface area contributed by atoms with Crippen LogP contribution in [0.25, 0.3) is 0 Å². The quantitative estimate of drug-likeness (QED) is 0.532. The molecule has 0 aromatic heterocycles. The van der Waals surface area contributed by atoms with E-state index < -0.39 is 26.4 Å². The molecular weight excluding hydrogens is 286 g/mol. The maximum atomic E-state index is 12.0. The molecule has 9 heteroatoms. The third-order valence-corrected chi connectivity index (χ3v) is 4.56. The minimum absolute atomic E-state index is 0.0804. The molecule has 20 heavy (non-hydrogen) atoms. The zero-order valence-corrected chi connectivity index (χ0v) is 11.4. The molecule has 1 aromatic carbocycles. The zero-order valence-electron chi connectivity index (χ0n) is 10.6. The van der Waals surface area contributed by atoms with Gasteiger partial charge < -0.3 is 10.4 Å². The summed E-state index contributed by atoms with van der Waals surface area (Å²) >= 11 is 0. The lowest BCUT2D eigenvalue weighted by Crippen LogP contribution is -2.37. The van der Waals surface area contributed by atoms with Crippen LogP contribution >= 0.6 is 0 Å². The van der Waals surface area contributed by atoms with E-state index in [2.05, 4.69) is 10.0 Å². The Balaban J connectivity index is 2.16. The maximum Gasteiger partial charge on any atom is 0.312 e. The minimum Gasteiger partial charge on any atom is -0.502 e. The molecule has 3 N–H and O–H groups in total. The van der Waals surface area contributed by atoms with Gasteiger partial charge in [-0.1, -0.05) is 0 Å². The summed E-state index contributed by atoms with van der Waals surface area (Å²) in [5.41, 5.74) is -0.633. The van der Waals surface area contributed by atoms with Gasteiger partial charge >= 0.3 is 5.69 Å². The highest BCUT2D eigenvalue weighted by Crippen LogP contribution is 2.28. The smallest absolute Gasteiger partial charge is 0.312 e. The lowest BCUT2D eigenvalue weighted by Gasteiger charge is -2.12. The number of sulfonamides is 1. The van der Waals surface area contributed by atoms with Gasteiger partial charge in [0.05, 0.1) is 9.82 Å². The fourth-order valence-corrected chi connectivity index (χ4v) is 3.14. The average Bonchev–Trinajstić information content (AvgIpc) is 2.89. The van der Waals surface area contributed by atoms with E-state index in [-0.39, 0.29) is 17.5 Å². The fraction of sp³-hybridized carbons (Fsp3) is 0.455. The molecule has 0 aliphatic carbocycles. The maximum absolute atomic E-state index is 12.0. The Morgan fingerprint density at radius 1 is 1.50 bits per heavy atom. The Hall–Kier alpha value is -1.71. The average molecular weight is 301 g/mol. The van der Waals surface area contributed by atoms with Crippen molar-refractivity contribution in [1.82, 2.24) is 10.0 Å². The van der Waals surface area contributed by atoms with Gasteiger partial charge in [0.25, 0.3) is 0 Å². The predicted octanol–water partition coefficient (Wildman–Crippen LogP) is 0.331. The van der Waals surface area contributed by atoms with Gasteiger partial charge in [-0.15, -0.1) is 0 Å². The molecule has 1 aliphatic heterocycles. The Morgan fingerprint density at radius 3 is 2.85 bits per heavy atom. The number of benzene rings is 1. The standard InChI is InChI=1S/C11H15N3O5S/c15-11-4-3-9(6-10(11)14(16)17)20(18,19)13-7-8-2-1-5-12-8/h3-4,6,8,12-13,15H,1-2,5,7H2. The molecule has 2 rings (SSSR count). The van der Waals surface area contributed by atoms with Crippen LogP contribution < -0.4 is 10.0 Å². The molecule has 1 atom stereocenters. The van der Waals surface area contributed by atoms with Crippen molar-refractivity contribution in [2.45, 2.75) is 23.8 Å². The summed E-state index contributed by atoms with van der Waals surface area (Å²) in [5.74, 6) is -0.564. The topological polar surface area (TPSA) is 122 Å². The third kappa shape index (κ3) is 3.24. The molecule has 0 saturated carbocycles. The Labute approximate surface area is 116 Å². The van der Waals surface area contributed by atoms with E-state index in [0.717, 1.165) is 37.6 Å². The van der Waals surface area contributed by atoms with Crippen molar-refractivity contribution in [1.29, 1.82) is 0 Å². The summed E-state index contributed by atoms with van der Waals surface area (Å²) in [7, 11) is -3.83. The molecule has 110 valence electrons. The van der Waals surface area contributed by atoms with E-state index >= 15 is 0 Å². The third-order valence-electron chi connectivity index (χ3n) is 3.14. The van der Waals surface area contributed by atoms with Crippen LogP contribution in [0.1, 0.15) is 12.8 Å². The molecule has 0 radical (unpaired) electrons. The van der Waals surface area contributed by atoms with E-state index in [1.165, 1.54) is 0 Å².